The second kappa shape index (κ2) is 25.1. The molecule has 0 unspecified atom stereocenters. The SMILES string of the molecule is CC(=O)O.CC(=O)O.[Pd+2].[Pd].[c-]1c(Oc2[c-]c3c(cc2)c2cc4ccccc4n2c2cccnc32)cccc1-n1c2ccccc2c2cccnc21.c1cc(Oc2ccc3c(c2)c2ncccc2n2c4ccccc4cc32)cc(-n2c3ccccc3c3cccnc32)c1. The summed E-state index contributed by atoms with van der Waals surface area (Å²) in [6, 6.07) is 86.1. The van der Waals surface area contributed by atoms with Gasteiger partial charge < -0.3 is 38.0 Å². The van der Waals surface area contributed by atoms with Crippen molar-refractivity contribution in [1.82, 2.24) is 37.9 Å². The van der Waals surface area contributed by atoms with Crippen LogP contribution in [0.1, 0.15) is 13.8 Å². The summed E-state index contributed by atoms with van der Waals surface area (Å²) >= 11 is 0. The first-order valence-corrected chi connectivity index (χ1v) is 29.0. The Kier molecular flexibility index (Phi) is 16.3. The van der Waals surface area contributed by atoms with Gasteiger partial charge in [-0.05, 0) is 121 Å². The Morgan fingerprint density at radius 1 is 0.380 bits per heavy atom. The number of rotatable bonds is 6. The number of carboxylic acids is 2. The number of hydrogen-bond donors (Lipinski definition) is 2. The molecule has 0 amide bonds. The maximum absolute atomic E-state index is 9.00. The second-order valence-electron chi connectivity index (χ2n) is 21.5. The molecule has 0 radical (unpaired) electrons. The molecule has 0 atom stereocenters. The van der Waals surface area contributed by atoms with Crippen LogP contribution >= 0.6 is 0 Å². The molecule has 10 aromatic heterocycles. The fraction of sp³-hybridized carbons (Fsp3) is 0.0263. The molecule has 16 heteroatoms. The van der Waals surface area contributed by atoms with Crippen LogP contribution in [-0.2, 0) is 50.4 Å². The minimum atomic E-state index is -0.833. The molecule has 18 rings (SSSR count). The van der Waals surface area contributed by atoms with Gasteiger partial charge in [0.2, 0.25) is 0 Å². The monoisotopic (exact) mass is 1380 g/mol. The summed E-state index contributed by atoms with van der Waals surface area (Å²) < 4.78 is 21.8. The molecule has 10 heterocycles. The maximum atomic E-state index is 9.00. The molecule has 14 nitrogen and oxygen atoms in total. The van der Waals surface area contributed by atoms with Crippen LogP contribution in [0.3, 0.4) is 0 Å². The van der Waals surface area contributed by atoms with Crippen molar-refractivity contribution in [3.8, 4) is 34.4 Å². The van der Waals surface area contributed by atoms with Gasteiger partial charge in [-0.25, -0.2) is 9.97 Å². The summed E-state index contributed by atoms with van der Waals surface area (Å²) in [5.74, 6) is 1.07. The molecule has 0 aliphatic heterocycles. The summed E-state index contributed by atoms with van der Waals surface area (Å²) in [6.45, 7) is 2.17. The van der Waals surface area contributed by atoms with Gasteiger partial charge in [0.15, 0.2) is 0 Å². The molecule has 8 aromatic carbocycles. The maximum Gasteiger partial charge on any atom is 2.00 e. The number of aliphatic carboxylic acids is 2. The second-order valence-corrected chi connectivity index (χ2v) is 21.5. The van der Waals surface area contributed by atoms with Crippen LogP contribution in [0.4, 0.5) is 0 Å². The summed E-state index contributed by atoms with van der Waals surface area (Å²) in [7, 11) is 0. The van der Waals surface area contributed by atoms with Crippen LogP contribution in [0.2, 0.25) is 0 Å². The van der Waals surface area contributed by atoms with Gasteiger partial charge in [-0.3, -0.25) is 19.1 Å². The number of nitrogens with zero attached hydrogens (tertiary/aromatic N) is 8. The van der Waals surface area contributed by atoms with Crippen molar-refractivity contribution in [2.75, 3.05) is 0 Å². The van der Waals surface area contributed by atoms with Crippen LogP contribution in [0, 0.1) is 12.1 Å². The Hall–Kier alpha value is -11.1. The zero-order chi connectivity index (χ0) is 61.0. The van der Waals surface area contributed by atoms with E-state index in [9.17, 15) is 0 Å². The van der Waals surface area contributed by atoms with E-state index in [2.05, 4.69) is 188 Å². The van der Waals surface area contributed by atoms with E-state index in [-0.39, 0.29) is 40.8 Å². The zero-order valence-electron chi connectivity index (χ0n) is 49.0. The predicted molar refractivity (Wildman–Crippen MR) is 357 cm³/mol. The Morgan fingerprint density at radius 2 is 0.848 bits per heavy atom. The van der Waals surface area contributed by atoms with Gasteiger partial charge in [0.05, 0.1) is 44.3 Å². The molecule has 92 heavy (non-hydrogen) atoms. The topological polar surface area (TPSA) is 163 Å². The molecule has 0 saturated heterocycles. The number of carbonyl (C=O) groups is 2. The van der Waals surface area contributed by atoms with Crippen molar-refractivity contribution in [1.29, 1.82) is 0 Å². The van der Waals surface area contributed by atoms with Crippen LogP contribution in [0.15, 0.2) is 255 Å². The number of benzene rings is 8. The quantitative estimate of drug-likeness (QED) is 0.0930. The van der Waals surface area contributed by atoms with Crippen LogP contribution in [0.5, 0.6) is 23.0 Å². The van der Waals surface area contributed by atoms with Crippen molar-refractivity contribution in [3.05, 3.63) is 267 Å². The number of carboxylic acid groups (broad SMARTS) is 2. The van der Waals surface area contributed by atoms with E-state index in [1.54, 1.807) is 0 Å². The summed E-state index contributed by atoms with van der Waals surface area (Å²) in [5, 5.41) is 26.0. The van der Waals surface area contributed by atoms with Gasteiger partial charge in [0, 0.05) is 131 Å². The molecule has 0 bridgehead atoms. The number of fused-ring (bicyclic) bond motifs is 22. The largest absolute Gasteiger partial charge is 2.00 e. The van der Waals surface area contributed by atoms with E-state index in [0.29, 0.717) is 11.5 Å². The van der Waals surface area contributed by atoms with Crippen LogP contribution in [-0.4, -0.2) is 60.0 Å². The van der Waals surface area contributed by atoms with Gasteiger partial charge in [-0.1, -0.05) is 102 Å². The molecular weight excluding hydrogens is 1330 g/mol. The smallest absolute Gasteiger partial charge is 0.503 e. The Balaban J connectivity index is 0.000000148. The first-order chi connectivity index (χ1) is 44.1. The van der Waals surface area contributed by atoms with E-state index in [1.807, 2.05) is 97.6 Å². The number of aromatic nitrogens is 8. The van der Waals surface area contributed by atoms with E-state index >= 15 is 0 Å². The number of hydrogen-bond acceptors (Lipinski definition) is 8. The van der Waals surface area contributed by atoms with Crippen molar-refractivity contribution in [2.24, 2.45) is 0 Å². The molecular formula is C76H50N8O6Pd2. The molecule has 0 spiro atoms. The Morgan fingerprint density at radius 3 is 1.50 bits per heavy atom. The third kappa shape index (κ3) is 10.8. The molecule has 0 fully saturated rings. The van der Waals surface area contributed by atoms with Gasteiger partial charge >= 0.3 is 20.4 Å². The average Bonchev–Trinajstić information content (AvgIpc) is 1.50. The first kappa shape index (κ1) is 59.8. The van der Waals surface area contributed by atoms with E-state index in [4.69, 9.17) is 49.2 Å². The molecule has 18 aromatic rings. The van der Waals surface area contributed by atoms with Gasteiger partial charge in [-0.15, -0.1) is 29.7 Å². The van der Waals surface area contributed by atoms with Crippen molar-refractivity contribution >= 4 is 132 Å². The average molecular weight is 1380 g/mol. The standard InChI is InChI=1S/C36H22N4O.C36H20N4O.2C2H4O2.2Pd/c2*1-3-13-31-23(8-1)20-34-28-17-16-26(22-30(28)35-33(40(31)34)15-7-18-37-35)41-25-10-5-9-24(21-25)39-32-14-4-2-11-27(32)29-12-6-19-38-36(29)39;2*1-2(3)4;;/h1-22H;1-20H;2*1H3,(H,3,4);;/q;-2;;;;+2. The molecule has 0 aliphatic rings. The fourth-order valence-electron chi connectivity index (χ4n) is 12.4. The normalized spacial score (nSPS) is 11.2. The summed E-state index contributed by atoms with van der Waals surface area (Å²) in [5.41, 5.74) is 14.5. The van der Waals surface area contributed by atoms with Gasteiger partial charge in [0.25, 0.3) is 11.9 Å². The first-order valence-electron chi connectivity index (χ1n) is 29.0. The van der Waals surface area contributed by atoms with Crippen LogP contribution < -0.4 is 9.47 Å². The van der Waals surface area contributed by atoms with E-state index in [1.165, 1.54) is 21.7 Å². The van der Waals surface area contributed by atoms with Crippen molar-refractivity contribution in [2.45, 2.75) is 13.8 Å². The van der Waals surface area contributed by atoms with Gasteiger partial charge in [0.1, 0.15) is 22.8 Å². The Bertz CT molecular complexity index is 5420. The zero-order valence-corrected chi connectivity index (χ0v) is 52.1. The van der Waals surface area contributed by atoms with Crippen molar-refractivity contribution < 1.29 is 70.1 Å². The van der Waals surface area contributed by atoms with Crippen molar-refractivity contribution in [3.63, 3.8) is 0 Å². The Labute approximate surface area is 552 Å². The molecule has 450 valence electrons. The minimum absolute atomic E-state index is 0. The van der Waals surface area contributed by atoms with E-state index in [0.717, 1.165) is 135 Å². The molecule has 0 saturated carbocycles. The molecule has 0 aliphatic carbocycles. The summed E-state index contributed by atoms with van der Waals surface area (Å²) in [6.07, 6.45) is 7.36. The summed E-state index contributed by atoms with van der Waals surface area (Å²) in [4.78, 5) is 37.0. The minimum Gasteiger partial charge on any atom is -0.503 e. The molecule has 2 N–H and O–H groups in total. The fourth-order valence-corrected chi connectivity index (χ4v) is 12.4. The number of ether oxygens (including phenoxy) is 2. The number of pyridine rings is 6. The van der Waals surface area contributed by atoms with E-state index < -0.39 is 11.9 Å². The third-order valence-corrected chi connectivity index (χ3v) is 15.8. The predicted octanol–water partition coefficient (Wildman–Crippen LogP) is 17.9. The van der Waals surface area contributed by atoms with Gasteiger partial charge in [-0.2, -0.15) is 6.07 Å². The van der Waals surface area contributed by atoms with Crippen LogP contribution in [0.25, 0.3) is 132 Å². The third-order valence-electron chi connectivity index (χ3n) is 15.8. The number of para-hydroxylation sites is 4.